The molecule has 1 atom stereocenters. The minimum Gasteiger partial charge on any atom is -0.391 e. The Morgan fingerprint density at radius 3 is 2.84 bits per heavy atom. The van der Waals surface area contributed by atoms with Gasteiger partial charge < -0.3 is 5.11 Å². The molecular weight excluding hydrogens is 282 g/mol. The molecule has 6 heteroatoms. The van der Waals surface area contributed by atoms with E-state index < -0.39 is 10.0 Å². The Balaban J connectivity index is 2.09. The van der Waals surface area contributed by atoms with Crippen molar-refractivity contribution in [2.24, 2.45) is 5.41 Å². The number of sulfonamides is 1. The van der Waals surface area contributed by atoms with Crippen LogP contribution in [0.5, 0.6) is 0 Å². The molecule has 1 saturated carbocycles. The molecule has 0 aromatic carbocycles. The van der Waals surface area contributed by atoms with E-state index >= 15 is 0 Å². The molecule has 4 nitrogen and oxygen atoms in total. The number of aliphatic hydroxyl groups excluding tert-OH is 1. The Kier molecular flexibility index (Phi) is 4.35. The van der Waals surface area contributed by atoms with Crippen molar-refractivity contribution in [2.45, 2.75) is 57.1 Å². The molecule has 1 aromatic heterocycles. The second-order valence-corrected chi connectivity index (χ2v) is 8.70. The van der Waals surface area contributed by atoms with E-state index in [1.807, 2.05) is 0 Å². The van der Waals surface area contributed by atoms with Gasteiger partial charge in [-0.15, -0.1) is 11.3 Å². The molecule has 1 unspecified atom stereocenters. The van der Waals surface area contributed by atoms with E-state index in [0.29, 0.717) is 4.88 Å². The third-order valence-electron chi connectivity index (χ3n) is 3.62. The highest BCUT2D eigenvalue weighted by Gasteiger charge is 2.31. The van der Waals surface area contributed by atoms with Crippen LogP contribution in [0, 0.1) is 5.41 Å². The number of hydrogen-bond donors (Lipinski definition) is 2. The van der Waals surface area contributed by atoms with Crippen LogP contribution in [0.2, 0.25) is 0 Å². The van der Waals surface area contributed by atoms with Gasteiger partial charge in [0, 0.05) is 16.3 Å². The summed E-state index contributed by atoms with van der Waals surface area (Å²) in [7, 11) is -3.45. The van der Waals surface area contributed by atoms with Crippen molar-refractivity contribution in [1.29, 1.82) is 0 Å². The summed E-state index contributed by atoms with van der Waals surface area (Å²) in [6, 6.07) is 1.56. The lowest BCUT2D eigenvalue weighted by atomic mass is 9.75. The zero-order valence-corrected chi connectivity index (χ0v) is 13.0. The van der Waals surface area contributed by atoms with Gasteiger partial charge in [-0.1, -0.05) is 20.3 Å². The van der Waals surface area contributed by atoms with E-state index in [2.05, 4.69) is 18.6 Å². The molecule has 1 fully saturated rings. The lowest BCUT2D eigenvalue weighted by Crippen LogP contribution is -2.40. The first-order valence-electron chi connectivity index (χ1n) is 6.53. The minimum absolute atomic E-state index is 0.0197. The highest BCUT2D eigenvalue weighted by atomic mass is 32.2. The monoisotopic (exact) mass is 303 g/mol. The lowest BCUT2D eigenvalue weighted by Gasteiger charge is -2.35. The fraction of sp³-hybridized carbons (Fsp3) is 0.692. The van der Waals surface area contributed by atoms with Gasteiger partial charge in [-0.2, -0.15) is 0 Å². The zero-order chi connectivity index (χ0) is 14.1. The van der Waals surface area contributed by atoms with E-state index in [0.717, 1.165) is 25.7 Å². The Morgan fingerprint density at radius 2 is 2.26 bits per heavy atom. The van der Waals surface area contributed by atoms with Gasteiger partial charge >= 0.3 is 0 Å². The van der Waals surface area contributed by atoms with Crippen LogP contribution in [0.25, 0.3) is 0 Å². The largest absolute Gasteiger partial charge is 0.391 e. The van der Waals surface area contributed by atoms with E-state index in [-0.39, 0.29) is 23.0 Å². The van der Waals surface area contributed by atoms with Gasteiger partial charge in [0.25, 0.3) is 0 Å². The molecule has 1 heterocycles. The standard InChI is InChI=1S/C13H21NO3S2/c1-13(2)5-3-4-10(7-13)14-19(16,17)12-6-11(8-15)18-9-12/h6,9-10,14-15H,3-5,7-8H2,1-2H3. The van der Waals surface area contributed by atoms with Crippen LogP contribution < -0.4 is 4.72 Å². The molecule has 0 radical (unpaired) electrons. The van der Waals surface area contributed by atoms with Gasteiger partial charge in [0.05, 0.1) is 11.5 Å². The summed E-state index contributed by atoms with van der Waals surface area (Å²) in [6.07, 6.45) is 3.99. The first-order chi connectivity index (χ1) is 8.82. The second-order valence-electron chi connectivity index (χ2n) is 5.99. The molecule has 0 saturated heterocycles. The van der Waals surface area contributed by atoms with Crippen molar-refractivity contribution in [3.05, 3.63) is 16.3 Å². The molecule has 2 rings (SSSR count). The highest BCUT2D eigenvalue weighted by molar-refractivity contribution is 7.89. The molecule has 0 bridgehead atoms. The topological polar surface area (TPSA) is 66.4 Å². The smallest absolute Gasteiger partial charge is 0.241 e. The van der Waals surface area contributed by atoms with Gasteiger partial charge in [0.1, 0.15) is 0 Å². The number of thiophene rings is 1. The summed E-state index contributed by atoms with van der Waals surface area (Å²) in [5.74, 6) is 0. The quantitative estimate of drug-likeness (QED) is 0.898. The molecule has 1 aliphatic rings. The third-order valence-corrected chi connectivity index (χ3v) is 6.19. The SMILES string of the molecule is CC1(C)CCCC(NS(=O)(=O)c2csc(CO)c2)C1. The van der Waals surface area contributed by atoms with Crippen molar-refractivity contribution >= 4 is 21.4 Å². The number of nitrogens with one attached hydrogen (secondary N) is 1. The van der Waals surface area contributed by atoms with Crippen LogP contribution in [0.1, 0.15) is 44.4 Å². The van der Waals surface area contributed by atoms with E-state index in [4.69, 9.17) is 5.11 Å². The molecule has 108 valence electrons. The Hall–Kier alpha value is -0.430. The number of rotatable bonds is 4. The Labute approximate surface area is 118 Å². The first kappa shape index (κ1) is 15.0. The van der Waals surface area contributed by atoms with Gasteiger partial charge in [0.2, 0.25) is 10.0 Å². The van der Waals surface area contributed by atoms with Crippen LogP contribution in [0.3, 0.4) is 0 Å². The van der Waals surface area contributed by atoms with Crippen LogP contribution in [-0.4, -0.2) is 19.6 Å². The van der Waals surface area contributed by atoms with Crippen LogP contribution >= 0.6 is 11.3 Å². The predicted molar refractivity (Wildman–Crippen MR) is 76.6 cm³/mol. The number of aliphatic hydroxyl groups is 1. The van der Waals surface area contributed by atoms with E-state index in [9.17, 15) is 8.42 Å². The van der Waals surface area contributed by atoms with Crippen molar-refractivity contribution in [3.8, 4) is 0 Å². The summed E-state index contributed by atoms with van der Waals surface area (Å²) < 4.78 is 27.3. The highest BCUT2D eigenvalue weighted by Crippen LogP contribution is 2.35. The molecule has 1 aromatic rings. The Bertz CT molecular complexity index is 534. The summed E-state index contributed by atoms with van der Waals surface area (Å²) in [5.41, 5.74) is 0.205. The van der Waals surface area contributed by atoms with Gasteiger partial charge in [-0.25, -0.2) is 13.1 Å². The minimum atomic E-state index is -3.45. The molecule has 0 amide bonds. The fourth-order valence-electron chi connectivity index (χ4n) is 2.67. The fourth-order valence-corrected chi connectivity index (χ4v) is 5.07. The molecular formula is C13H21NO3S2. The first-order valence-corrected chi connectivity index (χ1v) is 8.89. The van der Waals surface area contributed by atoms with E-state index in [1.54, 1.807) is 11.4 Å². The average Bonchev–Trinajstić information content (AvgIpc) is 2.76. The van der Waals surface area contributed by atoms with Crippen LogP contribution in [0.15, 0.2) is 16.3 Å². The van der Waals surface area contributed by atoms with Crippen molar-refractivity contribution in [2.75, 3.05) is 0 Å². The molecule has 2 N–H and O–H groups in total. The van der Waals surface area contributed by atoms with Gasteiger partial charge in [0.15, 0.2) is 0 Å². The van der Waals surface area contributed by atoms with Gasteiger partial charge in [-0.3, -0.25) is 0 Å². The molecule has 19 heavy (non-hydrogen) atoms. The third kappa shape index (κ3) is 3.78. The zero-order valence-electron chi connectivity index (χ0n) is 11.3. The predicted octanol–water partition coefficient (Wildman–Crippen LogP) is 2.49. The maximum atomic E-state index is 12.3. The van der Waals surface area contributed by atoms with Crippen LogP contribution in [-0.2, 0) is 16.6 Å². The maximum Gasteiger partial charge on any atom is 0.241 e. The van der Waals surface area contributed by atoms with Crippen molar-refractivity contribution in [1.82, 2.24) is 4.72 Å². The van der Waals surface area contributed by atoms with Gasteiger partial charge in [-0.05, 0) is 30.7 Å². The second kappa shape index (κ2) is 5.52. The van der Waals surface area contributed by atoms with Crippen molar-refractivity contribution in [3.63, 3.8) is 0 Å². The summed E-state index contributed by atoms with van der Waals surface area (Å²) >= 11 is 1.27. The van der Waals surface area contributed by atoms with Crippen LogP contribution in [0.4, 0.5) is 0 Å². The summed E-state index contributed by atoms with van der Waals surface area (Å²) in [6.45, 7) is 4.25. The molecule has 0 aliphatic heterocycles. The molecule has 1 aliphatic carbocycles. The van der Waals surface area contributed by atoms with E-state index in [1.165, 1.54) is 11.3 Å². The summed E-state index contributed by atoms with van der Waals surface area (Å²) in [4.78, 5) is 0.939. The Morgan fingerprint density at radius 1 is 1.53 bits per heavy atom. The maximum absolute atomic E-state index is 12.3. The molecule has 0 spiro atoms. The lowest BCUT2D eigenvalue weighted by molar-refractivity contribution is 0.212. The number of hydrogen-bond acceptors (Lipinski definition) is 4. The van der Waals surface area contributed by atoms with Crippen molar-refractivity contribution < 1.29 is 13.5 Å². The average molecular weight is 303 g/mol. The summed E-state index contributed by atoms with van der Waals surface area (Å²) in [5, 5.41) is 10.6. The normalized spacial score (nSPS) is 23.4.